The lowest BCUT2D eigenvalue weighted by molar-refractivity contribution is 0.102. The van der Waals surface area contributed by atoms with Crippen LogP contribution in [0.2, 0.25) is 0 Å². The molecule has 0 fully saturated rings. The Morgan fingerprint density at radius 3 is 2.28 bits per heavy atom. The molecule has 94 valence electrons. The molecule has 1 amide bonds. The average Bonchev–Trinajstić information content (AvgIpc) is 2.61. The van der Waals surface area contributed by atoms with Crippen LogP contribution in [0, 0.1) is 27.7 Å². The van der Waals surface area contributed by atoms with E-state index >= 15 is 0 Å². The average molecular weight is 243 g/mol. The fourth-order valence-corrected chi connectivity index (χ4v) is 1.95. The van der Waals surface area contributed by atoms with Gasteiger partial charge in [-0.25, -0.2) is 0 Å². The molecule has 2 rings (SSSR count). The molecule has 0 atom stereocenters. The molecule has 0 saturated heterocycles. The molecular formula is C14H17N3O. The van der Waals surface area contributed by atoms with Crippen molar-refractivity contribution in [2.24, 2.45) is 0 Å². The number of benzene rings is 1. The van der Waals surface area contributed by atoms with E-state index < -0.39 is 0 Å². The maximum atomic E-state index is 12.3. The molecule has 0 saturated carbocycles. The fourth-order valence-electron chi connectivity index (χ4n) is 1.95. The van der Waals surface area contributed by atoms with Crippen LogP contribution in [0.15, 0.2) is 18.2 Å². The second kappa shape index (κ2) is 4.64. The van der Waals surface area contributed by atoms with Crippen LogP contribution in [0.4, 0.5) is 5.82 Å². The second-order valence-corrected chi connectivity index (χ2v) is 4.54. The zero-order chi connectivity index (χ0) is 13.3. The third kappa shape index (κ3) is 2.14. The Balaban J connectivity index is 2.31. The smallest absolute Gasteiger partial charge is 0.257 e. The van der Waals surface area contributed by atoms with Crippen LogP contribution in [0.3, 0.4) is 0 Å². The summed E-state index contributed by atoms with van der Waals surface area (Å²) in [6, 6.07) is 5.82. The van der Waals surface area contributed by atoms with E-state index in [1.54, 1.807) is 0 Å². The number of H-pyrrole nitrogens is 1. The topological polar surface area (TPSA) is 57.8 Å². The van der Waals surface area contributed by atoms with Crippen molar-refractivity contribution in [3.05, 3.63) is 46.1 Å². The number of hydrogen-bond acceptors (Lipinski definition) is 2. The first-order valence-corrected chi connectivity index (χ1v) is 5.90. The number of aromatic nitrogens is 2. The van der Waals surface area contributed by atoms with Gasteiger partial charge in [-0.2, -0.15) is 5.10 Å². The number of aromatic amines is 1. The van der Waals surface area contributed by atoms with Gasteiger partial charge in [0.25, 0.3) is 5.91 Å². The molecule has 0 bridgehead atoms. The standard InChI is InChI=1S/C14H17N3O/c1-8-6-5-7-9(2)12(8)14(18)15-13-10(3)11(4)16-17-13/h5-7H,1-4H3,(H2,15,16,17,18). The van der Waals surface area contributed by atoms with Crippen LogP contribution >= 0.6 is 0 Å². The number of carbonyl (C=O) groups excluding carboxylic acids is 1. The molecule has 0 aliphatic heterocycles. The van der Waals surface area contributed by atoms with Crippen molar-refractivity contribution in [3.63, 3.8) is 0 Å². The quantitative estimate of drug-likeness (QED) is 0.852. The first-order chi connectivity index (χ1) is 8.50. The van der Waals surface area contributed by atoms with Gasteiger partial charge < -0.3 is 5.32 Å². The van der Waals surface area contributed by atoms with E-state index in [0.717, 1.165) is 27.9 Å². The molecule has 0 aliphatic rings. The molecule has 0 unspecified atom stereocenters. The summed E-state index contributed by atoms with van der Waals surface area (Å²) in [5.74, 6) is 0.486. The normalized spacial score (nSPS) is 10.4. The van der Waals surface area contributed by atoms with E-state index in [1.807, 2.05) is 45.9 Å². The van der Waals surface area contributed by atoms with Crippen molar-refractivity contribution in [3.8, 4) is 0 Å². The van der Waals surface area contributed by atoms with Gasteiger partial charge in [-0.1, -0.05) is 18.2 Å². The zero-order valence-corrected chi connectivity index (χ0v) is 11.1. The number of nitrogens with one attached hydrogen (secondary N) is 2. The van der Waals surface area contributed by atoms with Gasteiger partial charge in [0.05, 0.1) is 0 Å². The number of nitrogens with zero attached hydrogens (tertiary/aromatic N) is 1. The minimum Gasteiger partial charge on any atom is -0.305 e. The largest absolute Gasteiger partial charge is 0.305 e. The highest BCUT2D eigenvalue weighted by Gasteiger charge is 2.14. The minimum atomic E-state index is -0.111. The van der Waals surface area contributed by atoms with E-state index in [4.69, 9.17) is 0 Å². The number of carbonyl (C=O) groups is 1. The monoisotopic (exact) mass is 243 g/mol. The van der Waals surface area contributed by atoms with Gasteiger partial charge in [-0.05, 0) is 38.8 Å². The SMILES string of the molecule is Cc1cccc(C)c1C(=O)Nc1n[nH]c(C)c1C. The van der Waals surface area contributed by atoms with Crippen molar-refractivity contribution in [1.29, 1.82) is 0 Å². The maximum absolute atomic E-state index is 12.3. The molecule has 1 heterocycles. The zero-order valence-electron chi connectivity index (χ0n) is 11.1. The molecule has 1 aromatic heterocycles. The van der Waals surface area contributed by atoms with Crippen LogP contribution in [0.25, 0.3) is 0 Å². The van der Waals surface area contributed by atoms with E-state index in [2.05, 4.69) is 15.5 Å². The fraction of sp³-hybridized carbons (Fsp3) is 0.286. The van der Waals surface area contributed by atoms with E-state index in [-0.39, 0.29) is 5.91 Å². The summed E-state index contributed by atoms with van der Waals surface area (Å²) >= 11 is 0. The maximum Gasteiger partial charge on any atom is 0.257 e. The van der Waals surface area contributed by atoms with Crippen LogP contribution in [0.5, 0.6) is 0 Å². The minimum absolute atomic E-state index is 0.111. The van der Waals surface area contributed by atoms with Crippen molar-refractivity contribution >= 4 is 11.7 Å². The van der Waals surface area contributed by atoms with Gasteiger partial charge in [0.15, 0.2) is 5.82 Å². The molecule has 1 aromatic carbocycles. The van der Waals surface area contributed by atoms with Crippen molar-refractivity contribution in [1.82, 2.24) is 10.2 Å². The summed E-state index contributed by atoms with van der Waals surface area (Å²) in [6.07, 6.45) is 0. The van der Waals surface area contributed by atoms with Crippen LogP contribution < -0.4 is 5.32 Å². The number of anilines is 1. The lowest BCUT2D eigenvalue weighted by atomic mass is 10.0. The molecule has 4 heteroatoms. The van der Waals surface area contributed by atoms with Crippen LogP contribution in [0.1, 0.15) is 32.7 Å². The molecule has 18 heavy (non-hydrogen) atoms. The highest BCUT2D eigenvalue weighted by molar-refractivity contribution is 6.06. The Morgan fingerprint density at radius 2 is 1.78 bits per heavy atom. The Hall–Kier alpha value is -2.10. The van der Waals surface area contributed by atoms with E-state index in [1.165, 1.54) is 0 Å². The third-order valence-electron chi connectivity index (χ3n) is 3.19. The van der Waals surface area contributed by atoms with Gasteiger partial charge in [-0.3, -0.25) is 9.89 Å². The molecule has 2 aromatic rings. The highest BCUT2D eigenvalue weighted by Crippen LogP contribution is 2.18. The Morgan fingerprint density at radius 1 is 1.17 bits per heavy atom. The predicted molar refractivity (Wildman–Crippen MR) is 71.9 cm³/mol. The lowest BCUT2D eigenvalue weighted by Gasteiger charge is -2.09. The summed E-state index contributed by atoms with van der Waals surface area (Å²) in [5.41, 5.74) is 4.59. The van der Waals surface area contributed by atoms with Gasteiger partial charge in [-0.15, -0.1) is 0 Å². The molecule has 4 nitrogen and oxygen atoms in total. The van der Waals surface area contributed by atoms with Crippen LogP contribution in [-0.2, 0) is 0 Å². The summed E-state index contributed by atoms with van der Waals surface area (Å²) in [4.78, 5) is 12.3. The first kappa shape index (κ1) is 12.4. The third-order valence-corrected chi connectivity index (χ3v) is 3.19. The lowest BCUT2D eigenvalue weighted by Crippen LogP contribution is -2.15. The van der Waals surface area contributed by atoms with E-state index in [9.17, 15) is 4.79 Å². The molecule has 0 spiro atoms. The molecule has 0 radical (unpaired) electrons. The second-order valence-electron chi connectivity index (χ2n) is 4.54. The van der Waals surface area contributed by atoms with E-state index in [0.29, 0.717) is 5.82 Å². The summed E-state index contributed by atoms with van der Waals surface area (Å²) in [5, 5.41) is 9.79. The Labute approximate surface area is 106 Å². The molecule has 2 N–H and O–H groups in total. The first-order valence-electron chi connectivity index (χ1n) is 5.90. The van der Waals surface area contributed by atoms with Gasteiger partial charge >= 0.3 is 0 Å². The summed E-state index contributed by atoms with van der Waals surface area (Å²) in [7, 11) is 0. The molecular weight excluding hydrogens is 226 g/mol. The van der Waals surface area contributed by atoms with Crippen molar-refractivity contribution in [2.75, 3.05) is 5.32 Å². The van der Waals surface area contributed by atoms with Crippen molar-refractivity contribution in [2.45, 2.75) is 27.7 Å². The number of aryl methyl sites for hydroxylation is 3. The Kier molecular flexibility index (Phi) is 3.19. The van der Waals surface area contributed by atoms with Gasteiger partial charge in [0.1, 0.15) is 0 Å². The van der Waals surface area contributed by atoms with Gasteiger partial charge in [0, 0.05) is 16.8 Å². The number of rotatable bonds is 2. The van der Waals surface area contributed by atoms with Crippen molar-refractivity contribution < 1.29 is 4.79 Å². The van der Waals surface area contributed by atoms with Crippen LogP contribution in [-0.4, -0.2) is 16.1 Å². The number of hydrogen-bond donors (Lipinski definition) is 2. The highest BCUT2D eigenvalue weighted by atomic mass is 16.1. The number of amides is 1. The Bertz CT molecular complexity index is 579. The summed E-state index contributed by atoms with van der Waals surface area (Å²) in [6.45, 7) is 7.73. The summed E-state index contributed by atoms with van der Waals surface area (Å²) < 4.78 is 0. The predicted octanol–water partition coefficient (Wildman–Crippen LogP) is 2.90. The molecule has 0 aliphatic carbocycles. The van der Waals surface area contributed by atoms with Gasteiger partial charge in [0.2, 0.25) is 0 Å².